The summed E-state index contributed by atoms with van der Waals surface area (Å²) in [6.45, 7) is 0.123. The Morgan fingerprint density at radius 3 is 2.70 bits per heavy atom. The molecule has 0 aliphatic heterocycles. The van der Waals surface area contributed by atoms with Crippen LogP contribution >= 0.6 is 15.9 Å². The van der Waals surface area contributed by atoms with Crippen LogP contribution < -0.4 is 0 Å². The van der Waals surface area contributed by atoms with Gasteiger partial charge >= 0.3 is 0 Å². The maximum Gasteiger partial charge on any atom is 0.263 e. The van der Waals surface area contributed by atoms with Crippen molar-refractivity contribution in [3.05, 3.63) is 69.7 Å². The van der Waals surface area contributed by atoms with E-state index in [1.165, 1.54) is 12.1 Å². The zero-order valence-corrected chi connectivity index (χ0v) is 12.0. The number of hydrogen-bond acceptors (Lipinski definition) is 2. The van der Waals surface area contributed by atoms with Gasteiger partial charge in [0, 0.05) is 15.6 Å². The first kappa shape index (κ1) is 14.7. The van der Waals surface area contributed by atoms with Crippen LogP contribution in [0, 0.1) is 0 Å². The van der Waals surface area contributed by atoms with E-state index in [2.05, 4.69) is 27.3 Å². The van der Waals surface area contributed by atoms with Crippen molar-refractivity contribution >= 4 is 22.1 Å². The van der Waals surface area contributed by atoms with Gasteiger partial charge in [-0.25, -0.2) is 8.78 Å². The van der Waals surface area contributed by atoms with Gasteiger partial charge in [0.05, 0.1) is 0 Å². The number of halogens is 3. The Kier molecular flexibility index (Phi) is 5.24. The molecule has 0 saturated carbocycles. The van der Waals surface area contributed by atoms with Gasteiger partial charge in [-0.2, -0.15) is 0 Å². The summed E-state index contributed by atoms with van der Waals surface area (Å²) in [6.07, 6.45) is 0.247. The van der Waals surface area contributed by atoms with E-state index in [0.717, 1.165) is 10.0 Å². The average Bonchev–Trinajstić information content (AvgIpc) is 2.45. The third kappa shape index (κ3) is 4.13. The Labute approximate surface area is 124 Å². The van der Waals surface area contributed by atoms with E-state index in [1.54, 1.807) is 12.1 Å². The van der Waals surface area contributed by atoms with Crippen molar-refractivity contribution in [1.82, 2.24) is 0 Å². The lowest BCUT2D eigenvalue weighted by atomic mass is 10.1. The van der Waals surface area contributed by atoms with Crippen LogP contribution in [0.15, 0.2) is 58.2 Å². The first-order valence-corrected chi connectivity index (χ1v) is 6.65. The van der Waals surface area contributed by atoms with Crippen LogP contribution in [0.2, 0.25) is 0 Å². The molecular formula is C15H11BrF2NO. The van der Waals surface area contributed by atoms with E-state index in [-0.39, 0.29) is 12.2 Å². The van der Waals surface area contributed by atoms with Crippen molar-refractivity contribution in [2.24, 2.45) is 5.16 Å². The molecule has 0 heterocycles. The molecule has 5 heteroatoms. The highest BCUT2D eigenvalue weighted by Crippen LogP contribution is 2.19. The highest BCUT2D eigenvalue weighted by atomic mass is 79.9. The number of hydrogen-bond donors (Lipinski definition) is 0. The standard InChI is InChI=1S/C15H11BrF2NO/c16-14-7-2-1-5-13(14)9-19-20-10-11-4-3-6-12(8-11)15(17)18/h1-8,15H,10H2. The fraction of sp³-hybridized carbons (Fsp3) is 0.133. The molecule has 0 saturated heterocycles. The van der Waals surface area contributed by atoms with E-state index < -0.39 is 6.43 Å². The first-order valence-electron chi connectivity index (χ1n) is 5.86. The molecule has 0 aliphatic rings. The molecule has 0 aromatic heterocycles. The number of nitrogens with zero attached hydrogens (tertiary/aromatic N) is 1. The molecule has 0 unspecified atom stereocenters. The van der Waals surface area contributed by atoms with Crippen LogP contribution in [-0.4, -0.2) is 6.21 Å². The van der Waals surface area contributed by atoms with E-state index in [4.69, 9.17) is 4.84 Å². The fourth-order valence-electron chi connectivity index (χ4n) is 1.56. The van der Waals surface area contributed by atoms with E-state index >= 15 is 0 Å². The van der Waals surface area contributed by atoms with Gasteiger partial charge in [0.1, 0.15) is 12.8 Å². The maximum atomic E-state index is 12.5. The topological polar surface area (TPSA) is 21.6 Å². The van der Waals surface area contributed by atoms with Gasteiger partial charge in [-0.05, 0) is 17.7 Å². The molecule has 20 heavy (non-hydrogen) atoms. The Morgan fingerprint density at radius 2 is 1.95 bits per heavy atom. The molecule has 103 valence electrons. The summed E-state index contributed by atoms with van der Waals surface area (Å²) >= 11 is 3.36. The molecule has 0 amide bonds. The summed E-state index contributed by atoms with van der Waals surface area (Å²) < 4.78 is 25.9. The molecule has 0 aliphatic carbocycles. The van der Waals surface area contributed by atoms with Crippen molar-refractivity contribution in [2.45, 2.75) is 13.0 Å². The van der Waals surface area contributed by atoms with Gasteiger partial charge in [0.2, 0.25) is 0 Å². The monoisotopic (exact) mass is 338 g/mol. The third-order valence-corrected chi connectivity index (χ3v) is 3.23. The third-order valence-electron chi connectivity index (χ3n) is 2.54. The lowest BCUT2D eigenvalue weighted by Crippen LogP contribution is -1.91. The van der Waals surface area contributed by atoms with Gasteiger partial charge < -0.3 is 4.84 Å². The number of benzene rings is 2. The van der Waals surface area contributed by atoms with Crippen molar-refractivity contribution in [1.29, 1.82) is 0 Å². The quantitative estimate of drug-likeness (QED) is 0.566. The minimum atomic E-state index is -2.48. The maximum absolute atomic E-state index is 12.5. The Hall–Kier alpha value is -1.75. The molecule has 2 aromatic carbocycles. The Balaban J connectivity index is 1.93. The summed E-state index contributed by atoms with van der Waals surface area (Å²) in [6, 6.07) is 13.5. The van der Waals surface area contributed by atoms with Crippen LogP contribution in [0.4, 0.5) is 8.78 Å². The number of alkyl halides is 2. The summed E-state index contributed by atoms with van der Waals surface area (Å²) in [5, 5.41) is 3.70. The second kappa shape index (κ2) is 7.14. The lowest BCUT2D eigenvalue weighted by molar-refractivity contribution is 0.130. The highest BCUT2D eigenvalue weighted by molar-refractivity contribution is 9.10. The van der Waals surface area contributed by atoms with Crippen molar-refractivity contribution in [3.8, 4) is 0 Å². The molecule has 0 fully saturated rings. The molecule has 0 spiro atoms. The van der Waals surface area contributed by atoms with Crippen LogP contribution in [0.5, 0.6) is 0 Å². The molecular weight excluding hydrogens is 328 g/mol. The molecule has 0 bridgehead atoms. The molecule has 2 nitrogen and oxygen atoms in total. The van der Waals surface area contributed by atoms with Crippen molar-refractivity contribution in [2.75, 3.05) is 0 Å². The predicted octanol–water partition coefficient (Wildman–Crippen LogP) is 4.81. The molecule has 0 N–H and O–H groups in total. The molecule has 0 atom stereocenters. The summed E-state index contributed by atoms with van der Waals surface area (Å²) in [5.41, 5.74) is 1.37. The summed E-state index contributed by atoms with van der Waals surface area (Å²) in [5.74, 6) is 0. The zero-order chi connectivity index (χ0) is 14.4. The van der Waals surface area contributed by atoms with Crippen LogP contribution in [0.3, 0.4) is 0 Å². The van der Waals surface area contributed by atoms with Gasteiger partial charge in [0.15, 0.2) is 0 Å². The normalized spacial score (nSPS) is 11.2. The van der Waals surface area contributed by atoms with Crippen molar-refractivity contribution in [3.63, 3.8) is 0 Å². The average molecular weight is 339 g/mol. The van der Waals surface area contributed by atoms with Crippen LogP contribution in [0.1, 0.15) is 23.1 Å². The minimum Gasteiger partial charge on any atom is -0.390 e. The molecule has 1 radical (unpaired) electrons. The second-order valence-corrected chi connectivity index (χ2v) is 4.86. The smallest absolute Gasteiger partial charge is 0.263 e. The van der Waals surface area contributed by atoms with Crippen LogP contribution in [0.25, 0.3) is 0 Å². The van der Waals surface area contributed by atoms with Gasteiger partial charge in [0.25, 0.3) is 6.43 Å². The van der Waals surface area contributed by atoms with E-state index in [1.807, 2.05) is 24.3 Å². The highest BCUT2D eigenvalue weighted by Gasteiger charge is 2.06. The van der Waals surface area contributed by atoms with Crippen LogP contribution in [-0.2, 0) is 11.4 Å². The van der Waals surface area contributed by atoms with Gasteiger partial charge in [-0.1, -0.05) is 57.5 Å². The van der Waals surface area contributed by atoms with E-state index in [9.17, 15) is 8.78 Å². The number of rotatable bonds is 5. The Morgan fingerprint density at radius 1 is 1.15 bits per heavy atom. The fourth-order valence-corrected chi connectivity index (χ4v) is 1.93. The Bertz CT molecular complexity index is 602. The summed E-state index contributed by atoms with van der Waals surface area (Å²) in [4.78, 5) is 5.06. The molecule has 2 rings (SSSR count). The minimum absolute atomic E-state index is 0.0233. The van der Waals surface area contributed by atoms with Gasteiger partial charge in [-0.15, -0.1) is 0 Å². The van der Waals surface area contributed by atoms with Crippen molar-refractivity contribution < 1.29 is 13.6 Å². The lowest BCUT2D eigenvalue weighted by Gasteiger charge is -2.03. The summed E-state index contributed by atoms with van der Waals surface area (Å²) in [7, 11) is 0. The van der Waals surface area contributed by atoms with Gasteiger partial charge in [-0.3, -0.25) is 0 Å². The second-order valence-electron chi connectivity index (χ2n) is 4.00. The zero-order valence-electron chi connectivity index (χ0n) is 10.4. The largest absolute Gasteiger partial charge is 0.390 e. The van der Waals surface area contributed by atoms with E-state index in [0.29, 0.717) is 5.56 Å². The molecule has 2 aromatic rings. The first-order chi connectivity index (χ1) is 9.66. The predicted molar refractivity (Wildman–Crippen MR) is 76.9 cm³/mol. The SMILES string of the molecule is FC(F)c1cccc(CO/N=[C]\c2ccccc2Br)c1.